The SMILES string of the molecule is O=[N+]([O-])c1cccc(CNC2CC3CCC2C3)c1F. The van der Waals surface area contributed by atoms with Crippen molar-refractivity contribution < 1.29 is 9.31 Å². The Morgan fingerprint density at radius 2 is 2.21 bits per heavy atom. The first-order valence-corrected chi connectivity index (χ1v) is 6.80. The van der Waals surface area contributed by atoms with E-state index in [2.05, 4.69) is 5.32 Å². The van der Waals surface area contributed by atoms with Crippen molar-refractivity contribution in [3.63, 3.8) is 0 Å². The summed E-state index contributed by atoms with van der Waals surface area (Å²) in [4.78, 5) is 10.0. The normalized spacial score (nSPS) is 28.8. The molecule has 0 saturated heterocycles. The van der Waals surface area contributed by atoms with Crippen LogP contribution >= 0.6 is 0 Å². The number of hydrogen-bond donors (Lipinski definition) is 1. The fraction of sp³-hybridized carbons (Fsp3) is 0.571. The zero-order chi connectivity index (χ0) is 13.4. The lowest BCUT2D eigenvalue weighted by molar-refractivity contribution is -0.387. The zero-order valence-electron chi connectivity index (χ0n) is 10.6. The summed E-state index contributed by atoms with van der Waals surface area (Å²) in [6.45, 7) is 0.376. The summed E-state index contributed by atoms with van der Waals surface area (Å²) in [6, 6.07) is 4.81. The molecule has 0 heterocycles. The first-order valence-electron chi connectivity index (χ1n) is 6.80. The zero-order valence-corrected chi connectivity index (χ0v) is 10.6. The van der Waals surface area contributed by atoms with Crippen molar-refractivity contribution in [2.75, 3.05) is 0 Å². The van der Waals surface area contributed by atoms with Gasteiger partial charge in [-0.15, -0.1) is 0 Å². The molecule has 0 radical (unpaired) electrons. The highest BCUT2D eigenvalue weighted by molar-refractivity contribution is 5.36. The summed E-state index contributed by atoms with van der Waals surface area (Å²) in [7, 11) is 0. The maximum atomic E-state index is 13.9. The van der Waals surface area contributed by atoms with Gasteiger partial charge < -0.3 is 5.32 Å². The summed E-state index contributed by atoms with van der Waals surface area (Å²) in [5, 5.41) is 14.1. The molecule has 19 heavy (non-hydrogen) atoms. The lowest BCUT2D eigenvalue weighted by Gasteiger charge is -2.23. The van der Waals surface area contributed by atoms with Gasteiger partial charge >= 0.3 is 5.69 Å². The number of halogens is 1. The highest BCUT2D eigenvalue weighted by Crippen LogP contribution is 2.44. The molecule has 0 spiro atoms. The maximum absolute atomic E-state index is 13.9. The monoisotopic (exact) mass is 264 g/mol. The van der Waals surface area contributed by atoms with Crippen LogP contribution in [0.4, 0.5) is 10.1 Å². The van der Waals surface area contributed by atoms with Gasteiger partial charge in [-0.3, -0.25) is 10.1 Å². The molecule has 3 unspecified atom stereocenters. The van der Waals surface area contributed by atoms with Crippen LogP contribution in [0.2, 0.25) is 0 Å². The molecule has 4 nitrogen and oxygen atoms in total. The molecular weight excluding hydrogens is 247 g/mol. The number of nitro groups is 1. The van der Waals surface area contributed by atoms with Crippen LogP contribution in [0.1, 0.15) is 31.2 Å². The van der Waals surface area contributed by atoms with E-state index in [0.717, 1.165) is 5.92 Å². The third kappa shape index (κ3) is 2.34. The van der Waals surface area contributed by atoms with Crippen LogP contribution < -0.4 is 5.32 Å². The Labute approximate surface area is 111 Å². The second-order valence-electron chi connectivity index (χ2n) is 5.67. The molecule has 2 fully saturated rings. The van der Waals surface area contributed by atoms with E-state index in [4.69, 9.17) is 0 Å². The summed E-state index contributed by atoms with van der Waals surface area (Å²) >= 11 is 0. The van der Waals surface area contributed by atoms with Gasteiger partial charge in [-0.25, -0.2) is 0 Å². The average Bonchev–Trinajstić information content (AvgIpc) is 2.99. The van der Waals surface area contributed by atoms with Crippen LogP contribution in [0.3, 0.4) is 0 Å². The van der Waals surface area contributed by atoms with Crippen molar-refractivity contribution in [2.45, 2.75) is 38.3 Å². The number of nitrogens with one attached hydrogen (secondary N) is 1. The van der Waals surface area contributed by atoms with Crippen LogP contribution in [-0.2, 0) is 6.54 Å². The number of fused-ring (bicyclic) bond motifs is 2. The lowest BCUT2D eigenvalue weighted by atomic mass is 9.95. The third-order valence-electron chi connectivity index (χ3n) is 4.55. The fourth-order valence-electron chi connectivity index (χ4n) is 3.58. The highest BCUT2D eigenvalue weighted by atomic mass is 19.1. The van der Waals surface area contributed by atoms with E-state index in [0.29, 0.717) is 24.1 Å². The molecule has 2 bridgehead atoms. The molecule has 0 aromatic heterocycles. The summed E-state index contributed by atoms with van der Waals surface area (Å²) in [6.07, 6.45) is 5.05. The van der Waals surface area contributed by atoms with Crippen molar-refractivity contribution in [2.24, 2.45) is 11.8 Å². The minimum Gasteiger partial charge on any atom is -0.310 e. The van der Waals surface area contributed by atoms with Crippen molar-refractivity contribution in [1.82, 2.24) is 5.32 Å². The molecule has 102 valence electrons. The number of rotatable bonds is 4. The molecule has 2 aliphatic rings. The molecule has 3 atom stereocenters. The third-order valence-corrected chi connectivity index (χ3v) is 4.55. The molecule has 3 rings (SSSR count). The summed E-state index contributed by atoms with van der Waals surface area (Å²) < 4.78 is 13.9. The van der Waals surface area contributed by atoms with Crippen molar-refractivity contribution in [3.05, 3.63) is 39.7 Å². The van der Waals surface area contributed by atoms with Crippen molar-refractivity contribution in [1.29, 1.82) is 0 Å². The number of nitrogens with zero attached hydrogens (tertiary/aromatic N) is 1. The molecule has 1 N–H and O–H groups in total. The van der Waals surface area contributed by atoms with Gasteiger partial charge in [0.25, 0.3) is 0 Å². The van der Waals surface area contributed by atoms with Crippen LogP contribution in [0.25, 0.3) is 0 Å². The van der Waals surface area contributed by atoms with Gasteiger partial charge in [-0.1, -0.05) is 18.6 Å². The van der Waals surface area contributed by atoms with Gasteiger partial charge in [-0.2, -0.15) is 4.39 Å². The van der Waals surface area contributed by atoms with Gasteiger partial charge in [0.05, 0.1) is 4.92 Å². The molecule has 1 aromatic carbocycles. The summed E-state index contributed by atoms with van der Waals surface area (Å²) in [5.41, 5.74) is -0.0517. The molecule has 0 amide bonds. The Balaban J connectivity index is 1.67. The van der Waals surface area contributed by atoms with E-state index in [9.17, 15) is 14.5 Å². The Morgan fingerprint density at radius 3 is 2.84 bits per heavy atom. The number of nitro benzene ring substituents is 1. The first kappa shape index (κ1) is 12.5. The average molecular weight is 264 g/mol. The lowest BCUT2D eigenvalue weighted by Crippen LogP contribution is -2.33. The first-order chi connectivity index (χ1) is 9.15. The number of hydrogen-bond acceptors (Lipinski definition) is 3. The molecular formula is C14H17FN2O2. The topological polar surface area (TPSA) is 55.2 Å². The van der Waals surface area contributed by atoms with E-state index in [1.807, 2.05) is 0 Å². The smallest absolute Gasteiger partial charge is 0.305 e. The van der Waals surface area contributed by atoms with Crippen LogP contribution in [0.15, 0.2) is 18.2 Å². The van der Waals surface area contributed by atoms with Crippen LogP contribution in [0, 0.1) is 27.8 Å². The van der Waals surface area contributed by atoms with Crippen LogP contribution in [-0.4, -0.2) is 11.0 Å². The molecule has 5 heteroatoms. The Kier molecular flexibility index (Phi) is 3.22. The predicted octanol–water partition coefficient (Wildman–Crippen LogP) is 3.01. The largest absolute Gasteiger partial charge is 0.310 e. The van der Waals surface area contributed by atoms with Gasteiger partial charge in [-0.05, 0) is 31.1 Å². The maximum Gasteiger partial charge on any atom is 0.305 e. The quantitative estimate of drug-likeness (QED) is 0.671. The van der Waals surface area contributed by atoms with Crippen LogP contribution in [0.5, 0.6) is 0 Å². The minimum absolute atomic E-state index is 0.376. The van der Waals surface area contributed by atoms with E-state index in [-0.39, 0.29) is 0 Å². The second-order valence-corrected chi connectivity index (χ2v) is 5.67. The van der Waals surface area contributed by atoms with E-state index in [1.165, 1.54) is 31.7 Å². The van der Waals surface area contributed by atoms with Gasteiger partial charge in [0.1, 0.15) is 0 Å². The van der Waals surface area contributed by atoms with Gasteiger partial charge in [0.15, 0.2) is 0 Å². The van der Waals surface area contributed by atoms with E-state index in [1.54, 1.807) is 12.1 Å². The standard InChI is InChI=1S/C14H17FN2O2/c15-14-11(2-1-3-13(14)17(18)19)8-16-12-7-9-4-5-10(12)6-9/h1-3,9-10,12,16H,4-8H2. The highest BCUT2D eigenvalue weighted by Gasteiger charge is 2.39. The Bertz CT molecular complexity index is 506. The predicted molar refractivity (Wildman–Crippen MR) is 69.1 cm³/mol. The summed E-state index contributed by atoms with van der Waals surface area (Å²) in [5.74, 6) is 0.840. The molecule has 2 saturated carbocycles. The minimum atomic E-state index is -0.705. The molecule has 2 aliphatic carbocycles. The van der Waals surface area contributed by atoms with E-state index < -0.39 is 16.4 Å². The number of benzene rings is 1. The molecule has 0 aliphatic heterocycles. The fourth-order valence-corrected chi connectivity index (χ4v) is 3.58. The Morgan fingerprint density at radius 1 is 1.37 bits per heavy atom. The van der Waals surface area contributed by atoms with Gasteiger partial charge in [0.2, 0.25) is 5.82 Å². The Hall–Kier alpha value is -1.49. The second kappa shape index (κ2) is 4.89. The van der Waals surface area contributed by atoms with Crippen molar-refractivity contribution >= 4 is 5.69 Å². The van der Waals surface area contributed by atoms with Gasteiger partial charge in [0, 0.05) is 24.2 Å². The van der Waals surface area contributed by atoms with E-state index >= 15 is 0 Å². The van der Waals surface area contributed by atoms with Crippen molar-refractivity contribution in [3.8, 4) is 0 Å². The molecule has 1 aromatic rings.